The van der Waals surface area contributed by atoms with Crippen molar-refractivity contribution < 1.29 is 9.00 Å². The van der Waals surface area contributed by atoms with Gasteiger partial charge in [-0.05, 0) is 35.3 Å². The Morgan fingerprint density at radius 3 is 2.94 bits per heavy atom. The van der Waals surface area contributed by atoms with E-state index >= 15 is 0 Å². The number of nitrogens with one attached hydrogen (secondary N) is 1. The van der Waals surface area contributed by atoms with E-state index in [0.29, 0.717) is 22.2 Å². The van der Waals surface area contributed by atoms with Gasteiger partial charge in [0.05, 0.1) is 5.56 Å². The fourth-order valence-electron chi connectivity index (χ4n) is 1.35. The Hall–Kier alpha value is -0.950. The summed E-state index contributed by atoms with van der Waals surface area (Å²) in [6, 6.07) is 1.57. The van der Waals surface area contributed by atoms with Crippen LogP contribution in [0.25, 0.3) is 0 Å². The van der Waals surface area contributed by atoms with E-state index in [1.165, 1.54) is 6.20 Å². The zero-order chi connectivity index (χ0) is 13.7. The van der Waals surface area contributed by atoms with Gasteiger partial charge in [-0.15, -0.1) is 0 Å². The van der Waals surface area contributed by atoms with Gasteiger partial charge in [-0.25, -0.2) is 4.98 Å². The highest BCUT2D eigenvalue weighted by Crippen LogP contribution is 2.15. The number of carbonyl (C=O) groups is 1. The van der Waals surface area contributed by atoms with Crippen LogP contribution < -0.4 is 11.1 Å². The molecule has 2 unspecified atom stereocenters. The van der Waals surface area contributed by atoms with Crippen LogP contribution in [0.5, 0.6) is 0 Å². The molecule has 0 bridgehead atoms. The molecule has 1 rings (SSSR count). The van der Waals surface area contributed by atoms with E-state index in [0.717, 1.165) is 0 Å². The highest BCUT2D eigenvalue weighted by molar-refractivity contribution is 9.10. The summed E-state index contributed by atoms with van der Waals surface area (Å²) in [5.41, 5.74) is 5.99. The summed E-state index contributed by atoms with van der Waals surface area (Å²) >= 11 is 3.24. The molecule has 2 atom stereocenters. The lowest BCUT2D eigenvalue weighted by atomic mass is 10.2. The van der Waals surface area contributed by atoms with Gasteiger partial charge in [-0.1, -0.05) is 0 Å². The molecule has 1 aromatic heterocycles. The number of amides is 1. The quantitative estimate of drug-likeness (QED) is 0.850. The van der Waals surface area contributed by atoms with Crippen molar-refractivity contribution in [2.24, 2.45) is 0 Å². The second-order valence-electron chi connectivity index (χ2n) is 4.03. The molecule has 1 heterocycles. The molecular formula is C11H16BrN3O2S. The molecule has 0 fully saturated rings. The summed E-state index contributed by atoms with van der Waals surface area (Å²) < 4.78 is 11.7. The second kappa shape index (κ2) is 6.84. The smallest absolute Gasteiger partial charge is 0.255 e. The lowest BCUT2D eigenvalue weighted by molar-refractivity contribution is 0.0940. The molecule has 0 radical (unpaired) electrons. The minimum Gasteiger partial charge on any atom is -0.383 e. The van der Waals surface area contributed by atoms with Gasteiger partial charge in [0.25, 0.3) is 5.91 Å². The Labute approximate surface area is 117 Å². The van der Waals surface area contributed by atoms with E-state index in [4.69, 9.17) is 5.73 Å². The van der Waals surface area contributed by atoms with Crippen LogP contribution >= 0.6 is 15.9 Å². The predicted molar refractivity (Wildman–Crippen MR) is 76.8 cm³/mol. The number of aromatic nitrogens is 1. The van der Waals surface area contributed by atoms with Crippen LogP contribution in [0.3, 0.4) is 0 Å². The third-order valence-corrected chi connectivity index (χ3v) is 3.59. The number of rotatable bonds is 5. The molecule has 0 aliphatic carbocycles. The van der Waals surface area contributed by atoms with Gasteiger partial charge in [-0.3, -0.25) is 9.00 Å². The summed E-state index contributed by atoms with van der Waals surface area (Å²) in [7, 11) is -0.849. The molecule has 0 saturated carbocycles. The molecule has 0 aliphatic rings. The molecule has 7 heteroatoms. The number of hydrogen-bond donors (Lipinski definition) is 2. The Morgan fingerprint density at radius 2 is 2.33 bits per heavy atom. The van der Waals surface area contributed by atoms with Crippen LogP contribution in [-0.2, 0) is 10.8 Å². The molecule has 0 aromatic carbocycles. The topological polar surface area (TPSA) is 85.1 Å². The lowest BCUT2D eigenvalue weighted by Gasteiger charge is -2.13. The van der Waals surface area contributed by atoms with Crippen LogP contribution in [0.4, 0.5) is 5.82 Å². The van der Waals surface area contributed by atoms with Crippen LogP contribution in [0.1, 0.15) is 23.7 Å². The maximum absolute atomic E-state index is 11.9. The van der Waals surface area contributed by atoms with Crippen LogP contribution in [0.2, 0.25) is 0 Å². The standard InChI is InChI=1S/C11H16BrN3O2S/c1-7(3-4-18(2)17)15-11(16)9-5-8(12)6-14-10(9)13/h5-7H,3-4H2,1-2H3,(H2,13,14)(H,15,16). The largest absolute Gasteiger partial charge is 0.383 e. The Bertz CT molecular complexity index is 468. The SMILES string of the molecule is CC(CCS(C)=O)NC(=O)c1cc(Br)cnc1N. The van der Waals surface area contributed by atoms with Crippen molar-refractivity contribution in [3.63, 3.8) is 0 Å². The fourth-order valence-corrected chi connectivity index (χ4v) is 2.36. The Kier molecular flexibility index (Phi) is 5.74. The van der Waals surface area contributed by atoms with Gasteiger partial charge >= 0.3 is 0 Å². The van der Waals surface area contributed by atoms with E-state index in [1.54, 1.807) is 12.3 Å². The monoisotopic (exact) mass is 333 g/mol. The number of carbonyl (C=O) groups excluding carboxylic acids is 1. The summed E-state index contributed by atoms with van der Waals surface area (Å²) in [6.07, 6.45) is 3.84. The van der Waals surface area contributed by atoms with Crippen molar-refractivity contribution in [1.29, 1.82) is 0 Å². The van der Waals surface area contributed by atoms with Gasteiger partial charge in [-0.2, -0.15) is 0 Å². The molecule has 0 aliphatic heterocycles. The van der Waals surface area contributed by atoms with Gasteiger partial charge in [0.1, 0.15) is 5.82 Å². The number of halogens is 1. The number of nitrogens with two attached hydrogens (primary N) is 1. The van der Waals surface area contributed by atoms with E-state index in [-0.39, 0.29) is 17.8 Å². The first-order chi connectivity index (χ1) is 8.40. The summed E-state index contributed by atoms with van der Waals surface area (Å²) in [4.78, 5) is 15.8. The van der Waals surface area contributed by atoms with E-state index in [2.05, 4.69) is 26.2 Å². The third-order valence-electron chi connectivity index (χ3n) is 2.35. The predicted octanol–water partition coefficient (Wildman–Crippen LogP) is 1.31. The average molecular weight is 334 g/mol. The summed E-state index contributed by atoms with van der Waals surface area (Å²) in [6.45, 7) is 1.87. The first-order valence-corrected chi connectivity index (χ1v) is 7.94. The van der Waals surface area contributed by atoms with Crippen LogP contribution in [-0.4, -0.2) is 33.2 Å². The zero-order valence-electron chi connectivity index (χ0n) is 10.3. The van der Waals surface area contributed by atoms with Crippen molar-refractivity contribution >= 4 is 38.5 Å². The van der Waals surface area contributed by atoms with Crippen LogP contribution in [0.15, 0.2) is 16.7 Å². The fraction of sp³-hybridized carbons (Fsp3) is 0.455. The van der Waals surface area contributed by atoms with Crippen molar-refractivity contribution in [2.75, 3.05) is 17.7 Å². The number of pyridine rings is 1. The van der Waals surface area contributed by atoms with Gasteiger partial charge in [0, 0.05) is 39.5 Å². The molecule has 0 spiro atoms. The number of hydrogen-bond acceptors (Lipinski definition) is 4. The van der Waals surface area contributed by atoms with Gasteiger partial charge in [0.2, 0.25) is 0 Å². The van der Waals surface area contributed by atoms with Gasteiger partial charge in [0.15, 0.2) is 0 Å². The highest BCUT2D eigenvalue weighted by atomic mass is 79.9. The van der Waals surface area contributed by atoms with E-state index < -0.39 is 10.8 Å². The second-order valence-corrected chi connectivity index (χ2v) is 6.50. The molecule has 3 N–H and O–H groups in total. The minimum atomic E-state index is -0.849. The van der Waals surface area contributed by atoms with Crippen molar-refractivity contribution in [3.8, 4) is 0 Å². The maximum atomic E-state index is 11.9. The van der Waals surface area contributed by atoms with Crippen molar-refractivity contribution in [1.82, 2.24) is 10.3 Å². The number of nitrogen functional groups attached to an aromatic ring is 1. The van der Waals surface area contributed by atoms with Crippen molar-refractivity contribution in [3.05, 3.63) is 22.3 Å². The number of anilines is 1. The molecule has 100 valence electrons. The van der Waals surface area contributed by atoms with Crippen LogP contribution in [0, 0.1) is 0 Å². The molecule has 1 amide bonds. The Morgan fingerprint density at radius 1 is 1.67 bits per heavy atom. The van der Waals surface area contributed by atoms with Gasteiger partial charge < -0.3 is 11.1 Å². The third kappa shape index (κ3) is 4.73. The first-order valence-electron chi connectivity index (χ1n) is 5.42. The zero-order valence-corrected chi connectivity index (χ0v) is 12.7. The molecular weight excluding hydrogens is 318 g/mol. The average Bonchev–Trinajstić information content (AvgIpc) is 2.29. The molecule has 0 saturated heterocycles. The van der Waals surface area contributed by atoms with E-state index in [1.807, 2.05) is 6.92 Å². The highest BCUT2D eigenvalue weighted by Gasteiger charge is 2.14. The van der Waals surface area contributed by atoms with Crippen molar-refractivity contribution in [2.45, 2.75) is 19.4 Å². The molecule has 1 aromatic rings. The minimum absolute atomic E-state index is 0.0558. The summed E-state index contributed by atoms with van der Waals surface area (Å²) in [5, 5.41) is 2.81. The first kappa shape index (κ1) is 15.1. The molecule has 18 heavy (non-hydrogen) atoms. The maximum Gasteiger partial charge on any atom is 0.255 e. The Balaban J connectivity index is 2.64. The lowest BCUT2D eigenvalue weighted by Crippen LogP contribution is -2.34. The number of nitrogens with zero attached hydrogens (tertiary/aromatic N) is 1. The van der Waals surface area contributed by atoms with E-state index in [9.17, 15) is 9.00 Å². The summed E-state index contributed by atoms with van der Waals surface area (Å²) in [5.74, 6) is 0.492. The molecule has 5 nitrogen and oxygen atoms in total. The normalized spacial score (nSPS) is 13.9.